The molecule has 0 heterocycles. The monoisotopic (exact) mass is 458 g/mol. The Labute approximate surface area is 184 Å². The molecule has 0 aromatic heterocycles. The topological polar surface area (TPSA) is 225 Å². The molecule has 0 spiro atoms. The number of carbonyl (C=O) groups excluding carboxylic acids is 5. The van der Waals surface area contributed by atoms with Crippen LogP contribution in [0.3, 0.4) is 0 Å². The van der Waals surface area contributed by atoms with Crippen LogP contribution in [0.2, 0.25) is 0 Å². The van der Waals surface area contributed by atoms with E-state index in [-0.39, 0.29) is 11.1 Å². The molecule has 4 atom stereocenters. The number of benzene rings is 2. The van der Waals surface area contributed by atoms with Gasteiger partial charge in [-0.05, 0) is 12.1 Å². The molecule has 0 bridgehead atoms. The van der Waals surface area contributed by atoms with Crippen LogP contribution in [0.1, 0.15) is 35.4 Å². The van der Waals surface area contributed by atoms with E-state index in [0.29, 0.717) is 0 Å². The number of rotatable bonds is 2. The molecule has 0 saturated heterocycles. The molecule has 172 valence electrons. The zero-order chi connectivity index (χ0) is 24.6. The fraction of sp³-hybridized carbons (Fsp3) is 0.286. The van der Waals surface area contributed by atoms with E-state index in [9.17, 15) is 49.5 Å². The summed E-state index contributed by atoms with van der Waals surface area (Å²) < 4.78 is 0. The van der Waals surface area contributed by atoms with E-state index >= 15 is 0 Å². The highest BCUT2D eigenvalue weighted by Crippen LogP contribution is 2.56. The van der Waals surface area contributed by atoms with Gasteiger partial charge in [-0.15, -0.1) is 0 Å². The number of amides is 2. The van der Waals surface area contributed by atoms with Crippen molar-refractivity contribution in [3.05, 3.63) is 23.3 Å². The molecule has 4 rings (SSSR count). The Morgan fingerprint density at radius 2 is 1.73 bits per heavy atom. The number of hydrogen-bond acceptors (Lipinski definition) is 10. The van der Waals surface area contributed by atoms with Gasteiger partial charge in [-0.1, -0.05) is 0 Å². The Hall–Kier alpha value is -4.03. The molecule has 12 nitrogen and oxygen atoms in total. The summed E-state index contributed by atoms with van der Waals surface area (Å²) in [5.41, 5.74) is 0.392. The van der Waals surface area contributed by atoms with Crippen molar-refractivity contribution in [2.75, 3.05) is 5.32 Å². The number of aromatic hydroxyl groups is 3. The van der Waals surface area contributed by atoms with Gasteiger partial charge in [0.25, 0.3) is 0 Å². The van der Waals surface area contributed by atoms with Gasteiger partial charge >= 0.3 is 0 Å². The molecule has 8 N–H and O–H groups in total. The lowest BCUT2D eigenvalue weighted by atomic mass is 9.59. The van der Waals surface area contributed by atoms with Gasteiger partial charge in [0.05, 0.1) is 28.1 Å². The summed E-state index contributed by atoms with van der Waals surface area (Å²) in [4.78, 5) is 61.7. The minimum Gasteiger partial charge on any atom is -0.507 e. The standard InChI is InChI=1S/C21H18N2O10/c1-5(24)23-7-2-3-8(25)11-10(7)16(28)13-14(17(11)29)19(31)21(33)6(15(13)27)4-9(26)12(18(21)30)20(22)32/h2-3,6,12,15,25,27-29,33H,4H2,1H3,(H2,22,32)(H,23,24)/t6-,12?,15-,21-/m1/s1. The highest BCUT2D eigenvalue weighted by Gasteiger charge is 2.65. The Morgan fingerprint density at radius 3 is 2.30 bits per heavy atom. The molecule has 2 aromatic carbocycles. The van der Waals surface area contributed by atoms with Crippen LogP contribution in [0.15, 0.2) is 12.1 Å². The number of primary amides is 1. The molecule has 1 fully saturated rings. The number of anilines is 1. The molecule has 12 heteroatoms. The van der Waals surface area contributed by atoms with Gasteiger partial charge < -0.3 is 36.6 Å². The smallest absolute Gasteiger partial charge is 0.235 e. The normalized spacial score (nSPS) is 26.6. The number of Topliss-reactive ketones (excluding diaryl/α,β-unsaturated/α-hetero) is 3. The van der Waals surface area contributed by atoms with Crippen molar-refractivity contribution in [2.45, 2.75) is 25.0 Å². The summed E-state index contributed by atoms with van der Waals surface area (Å²) in [7, 11) is 0. The first-order chi connectivity index (χ1) is 15.3. The molecular formula is C21H18N2O10. The maximum Gasteiger partial charge on any atom is 0.235 e. The lowest BCUT2D eigenvalue weighted by Gasteiger charge is -2.45. The van der Waals surface area contributed by atoms with E-state index in [0.717, 1.165) is 13.0 Å². The quantitative estimate of drug-likeness (QED) is 0.218. The minimum atomic E-state index is -3.11. The van der Waals surface area contributed by atoms with Crippen LogP contribution in [0.5, 0.6) is 17.2 Å². The van der Waals surface area contributed by atoms with Crippen molar-refractivity contribution >= 4 is 45.6 Å². The third-order valence-corrected chi connectivity index (χ3v) is 6.18. The average molecular weight is 458 g/mol. The zero-order valence-electron chi connectivity index (χ0n) is 16.9. The number of carbonyl (C=O) groups is 5. The van der Waals surface area contributed by atoms with Gasteiger partial charge in [-0.3, -0.25) is 24.0 Å². The van der Waals surface area contributed by atoms with Crippen molar-refractivity contribution in [1.29, 1.82) is 0 Å². The second-order valence-corrected chi connectivity index (χ2v) is 8.07. The largest absolute Gasteiger partial charge is 0.507 e. The van der Waals surface area contributed by atoms with Crippen LogP contribution in [-0.4, -0.2) is 60.3 Å². The molecule has 1 saturated carbocycles. The number of hydrogen-bond donors (Lipinski definition) is 7. The third-order valence-electron chi connectivity index (χ3n) is 6.18. The van der Waals surface area contributed by atoms with E-state index in [1.807, 2.05) is 0 Å². The number of ketones is 3. The molecule has 2 aromatic rings. The second-order valence-electron chi connectivity index (χ2n) is 8.07. The summed E-state index contributed by atoms with van der Waals surface area (Å²) in [6.07, 6.45) is -2.84. The SMILES string of the molecule is CC(=O)Nc1ccc(O)c2c(O)c3c(c(O)c12)[C@H](O)[C@H]1CC(=O)C(C(N)=O)C(=O)[C@@]1(O)C3=O. The van der Waals surface area contributed by atoms with Crippen LogP contribution in [-0.2, 0) is 19.2 Å². The van der Waals surface area contributed by atoms with E-state index in [4.69, 9.17) is 5.73 Å². The lowest BCUT2D eigenvalue weighted by molar-refractivity contribution is -0.163. The minimum absolute atomic E-state index is 0.0871. The number of aliphatic hydroxyl groups excluding tert-OH is 1. The Bertz CT molecular complexity index is 1320. The van der Waals surface area contributed by atoms with Crippen LogP contribution >= 0.6 is 0 Å². The second kappa shape index (κ2) is 6.98. The maximum absolute atomic E-state index is 13.3. The molecule has 0 aliphatic heterocycles. The Balaban J connectivity index is 2.08. The summed E-state index contributed by atoms with van der Waals surface area (Å²) >= 11 is 0. The first kappa shape index (κ1) is 22.2. The molecule has 1 unspecified atom stereocenters. The van der Waals surface area contributed by atoms with Gasteiger partial charge in [-0.25, -0.2) is 0 Å². The van der Waals surface area contributed by atoms with Gasteiger partial charge in [0, 0.05) is 24.8 Å². The lowest BCUT2D eigenvalue weighted by Crippen LogP contribution is -2.65. The molecule has 2 aliphatic carbocycles. The predicted octanol–water partition coefficient (Wildman–Crippen LogP) is -0.865. The maximum atomic E-state index is 13.3. The summed E-state index contributed by atoms with van der Waals surface area (Å²) in [5, 5.41) is 55.7. The third kappa shape index (κ3) is 2.74. The van der Waals surface area contributed by atoms with Crippen LogP contribution in [0.4, 0.5) is 5.69 Å². The van der Waals surface area contributed by atoms with Gasteiger partial charge in [0.2, 0.25) is 17.6 Å². The van der Waals surface area contributed by atoms with Crippen LogP contribution < -0.4 is 11.1 Å². The van der Waals surface area contributed by atoms with Crippen molar-refractivity contribution < 1.29 is 49.5 Å². The van der Waals surface area contributed by atoms with Crippen molar-refractivity contribution in [2.24, 2.45) is 17.6 Å². The van der Waals surface area contributed by atoms with E-state index in [1.54, 1.807) is 0 Å². The van der Waals surface area contributed by atoms with Crippen molar-refractivity contribution in [3.8, 4) is 17.2 Å². The summed E-state index contributed by atoms with van der Waals surface area (Å²) in [5.74, 6) is -12.5. The molecular weight excluding hydrogens is 440 g/mol. The van der Waals surface area contributed by atoms with Crippen LogP contribution in [0.25, 0.3) is 10.8 Å². The highest BCUT2D eigenvalue weighted by atomic mass is 16.3. The molecule has 2 aliphatic rings. The van der Waals surface area contributed by atoms with E-state index in [1.165, 1.54) is 6.07 Å². The molecule has 33 heavy (non-hydrogen) atoms. The number of nitrogens with two attached hydrogens (primary N) is 1. The average Bonchev–Trinajstić information content (AvgIpc) is 2.71. The number of aliphatic hydroxyl groups is 2. The number of nitrogens with one attached hydrogen (secondary N) is 1. The zero-order valence-corrected chi connectivity index (χ0v) is 16.9. The Kier molecular flexibility index (Phi) is 4.69. The number of fused-ring (bicyclic) bond motifs is 3. The fourth-order valence-corrected chi connectivity index (χ4v) is 4.73. The van der Waals surface area contributed by atoms with Crippen molar-refractivity contribution in [1.82, 2.24) is 0 Å². The van der Waals surface area contributed by atoms with Gasteiger partial charge in [0.15, 0.2) is 23.1 Å². The van der Waals surface area contributed by atoms with Gasteiger partial charge in [0.1, 0.15) is 17.2 Å². The van der Waals surface area contributed by atoms with Crippen molar-refractivity contribution in [3.63, 3.8) is 0 Å². The summed E-state index contributed by atoms with van der Waals surface area (Å²) in [6, 6.07) is 2.25. The first-order valence-electron chi connectivity index (χ1n) is 9.66. The fourth-order valence-electron chi connectivity index (χ4n) is 4.73. The number of phenolic OH excluding ortho intramolecular Hbond substituents is 3. The van der Waals surface area contributed by atoms with Crippen LogP contribution in [0, 0.1) is 11.8 Å². The first-order valence-corrected chi connectivity index (χ1v) is 9.66. The van der Waals surface area contributed by atoms with E-state index < -0.39 is 92.9 Å². The highest BCUT2D eigenvalue weighted by molar-refractivity contribution is 6.32. The van der Waals surface area contributed by atoms with E-state index in [2.05, 4.69) is 5.32 Å². The molecule has 0 radical (unpaired) electrons. The van der Waals surface area contributed by atoms with Gasteiger partial charge in [-0.2, -0.15) is 0 Å². The number of phenols is 3. The molecule has 2 amide bonds. The summed E-state index contributed by atoms with van der Waals surface area (Å²) in [6.45, 7) is 1.15. The predicted molar refractivity (Wildman–Crippen MR) is 108 cm³/mol. The Morgan fingerprint density at radius 1 is 1.09 bits per heavy atom.